The molecule has 0 radical (unpaired) electrons. The predicted octanol–water partition coefficient (Wildman–Crippen LogP) is 3.07. The van der Waals surface area contributed by atoms with Crippen molar-refractivity contribution >= 4 is 0 Å². The van der Waals surface area contributed by atoms with Crippen molar-refractivity contribution < 1.29 is 14.0 Å². The van der Waals surface area contributed by atoms with Crippen molar-refractivity contribution in [3.8, 4) is 22.9 Å². The molecule has 29 heavy (non-hydrogen) atoms. The minimum absolute atomic E-state index is 0.646. The summed E-state index contributed by atoms with van der Waals surface area (Å²) in [6.07, 6.45) is 0. The van der Waals surface area contributed by atoms with Gasteiger partial charge in [-0.05, 0) is 17.7 Å². The smallest absolute Gasteiger partial charge is 0.241 e. The molecule has 4 rings (SSSR count). The number of ether oxygens (including phenoxy) is 2. The highest BCUT2D eigenvalue weighted by molar-refractivity contribution is 5.53. The third-order valence-corrected chi connectivity index (χ3v) is 5.18. The standard InChI is InChI=1S/C22H26N4O3/c1-27-19-9-8-17(14-20(19)28-2)15-25-10-12-26(13-11-25)16-21-23-22(24-29-21)18-6-4-3-5-7-18/h3-9,14H,10-13,15-16H2,1-2H3. The second-order valence-corrected chi connectivity index (χ2v) is 7.12. The molecule has 2 aromatic carbocycles. The molecule has 3 aromatic rings. The Labute approximate surface area is 170 Å². The molecule has 0 bridgehead atoms. The molecule has 152 valence electrons. The molecule has 0 atom stereocenters. The van der Waals surface area contributed by atoms with Gasteiger partial charge in [0, 0.05) is 38.3 Å². The zero-order valence-corrected chi connectivity index (χ0v) is 16.9. The van der Waals surface area contributed by atoms with Crippen molar-refractivity contribution in [2.45, 2.75) is 13.1 Å². The quantitative estimate of drug-likeness (QED) is 0.610. The van der Waals surface area contributed by atoms with E-state index in [1.807, 2.05) is 36.4 Å². The largest absolute Gasteiger partial charge is 0.493 e. The molecule has 0 N–H and O–H groups in total. The van der Waals surface area contributed by atoms with Gasteiger partial charge in [0.25, 0.3) is 0 Å². The van der Waals surface area contributed by atoms with Gasteiger partial charge in [0.2, 0.25) is 11.7 Å². The summed E-state index contributed by atoms with van der Waals surface area (Å²) in [5.74, 6) is 2.84. The maximum absolute atomic E-state index is 5.45. The van der Waals surface area contributed by atoms with Crippen molar-refractivity contribution in [2.75, 3.05) is 40.4 Å². The summed E-state index contributed by atoms with van der Waals surface area (Å²) < 4.78 is 16.2. The Kier molecular flexibility index (Phi) is 6.07. The molecule has 0 aliphatic carbocycles. The van der Waals surface area contributed by atoms with Gasteiger partial charge in [0.05, 0.1) is 20.8 Å². The third kappa shape index (κ3) is 4.75. The van der Waals surface area contributed by atoms with Gasteiger partial charge in [-0.1, -0.05) is 41.6 Å². The first-order valence-electron chi connectivity index (χ1n) is 9.79. The Bertz CT molecular complexity index is 921. The second kappa shape index (κ2) is 9.07. The highest BCUT2D eigenvalue weighted by Crippen LogP contribution is 2.28. The minimum Gasteiger partial charge on any atom is -0.493 e. The van der Waals surface area contributed by atoms with Crippen molar-refractivity contribution in [1.82, 2.24) is 19.9 Å². The fraction of sp³-hybridized carbons (Fsp3) is 0.364. The molecule has 0 unspecified atom stereocenters. The molecule has 0 saturated carbocycles. The van der Waals surface area contributed by atoms with Gasteiger partial charge >= 0.3 is 0 Å². The summed E-state index contributed by atoms with van der Waals surface area (Å²) in [6.45, 7) is 5.51. The lowest BCUT2D eigenvalue weighted by molar-refractivity contribution is 0.112. The molecule has 0 amide bonds. The first kappa shape index (κ1) is 19.4. The van der Waals surface area contributed by atoms with Crippen LogP contribution in [0, 0.1) is 0 Å². The van der Waals surface area contributed by atoms with Crippen LogP contribution in [0.3, 0.4) is 0 Å². The number of hydrogen-bond donors (Lipinski definition) is 0. The van der Waals surface area contributed by atoms with E-state index in [0.717, 1.165) is 49.8 Å². The van der Waals surface area contributed by atoms with Gasteiger partial charge in [-0.2, -0.15) is 4.98 Å². The third-order valence-electron chi connectivity index (χ3n) is 5.18. The fourth-order valence-electron chi connectivity index (χ4n) is 3.56. The van der Waals surface area contributed by atoms with Crippen LogP contribution < -0.4 is 9.47 Å². The number of aromatic nitrogens is 2. The molecule has 2 heterocycles. The van der Waals surface area contributed by atoms with Gasteiger partial charge in [0.15, 0.2) is 11.5 Å². The average molecular weight is 394 g/mol. The lowest BCUT2D eigenvalue weighted by Gasteiger charge is -2.34. The first-order chi connectivity index (χ1) is 14.2. The lowest BCUT2D eigenvalue weighted by Crippen LogP contribution is -2.45. The topological polar surface area (TPSA) is 63.9 Å². The molecule has 1 aromatic heterocycles. The highest BCUT2D eigenvalue weighted by atomic mass is 16.5. The Morgan fingerprint density at radius 3 is 2.24 bits per heavy atom. The van der Waals surface area contributed by atoms with Crippen LogP contribution in [0.25, 0.3) is 11.4 Å². The van der Waals surface area contributed by atoms with Gasteiger partial charge in [-0.25, -0.2) is 0 Å². The summed E-state index contributed by atoms with van der Waals surface area (Å²) in [6, 6.07) is 16.0. The molecule has 7 heteroatoms. The molecule has 1 fully saturated rings. The summed E-state index contributed by atoms with van der Waals surface area (Å²) in [5.41, 5.74) is 2.20. The van der Waals surface area contributed by atoms with Crippen molar-refractivity contribution in [1.29, 1.82) is 0 Å². The molecule has 7 nitrogen and oxygen atoms in total. The number of rotatable bonds is 7. The van der Waals surface area contributed by atoms with Crippen LogP contribution in [0.4, 0.5) is 0 Å². The molecule has 0 spiro atoms. The summed E-state index contributed by atoms with van der Waals surface area (Å²) >= 11 is 0. The molecular weight excluding hydrogens is 368 g/mol. The molecule has 1 aliphatic heterocycles. The van der Waals surface area contributed by atoms with E-state index >= 15 is 0 Å². The van der Waals surface area contributed by atoms with Crippen LogP contribution in [-0.2, 0) is 13.1 Å². The van der Waals surface area contributed by atoms with Crippen molar-refractivity contribution in [3.63, 3.8) is 0 Å². The number of piperazine rings is 1. The number of hydrogen-bond acceptors (Lipinski definition) is 7. The lowest BCUT2D eigenvalue weighted by atomic mass is 10.1. The normalized spacial score (nSPS) is 15.4. The minimum atomic E-state index is 0.646. The van der Waals surface area contributed by atoms with E-state index < -0.39 is 0 Å². The average Bonchev–Trinajstić information content (AvgIpc) is 3.24. The maximum atomic E-state index is 5.45. The van der Waals surface area contributed by atoms with Crippen LogP contribution in [-0.4, -0.2) is 60.3 Å². The Balaban J connectivity index is 1.29. The van der Waals surface area contributed by atoms with Gasteiger partial charge in [-0.3, -0.25) is 9.80 Å². The number of nitrogens with zero attached hydrogens (tertiary/aromatic N) is 4. The highest BCUT2D eigenvalue weighted by Gasteiger charge is 2.20. The van der Waals surface area contributed by atoms with E-state index in [-0.39, 0.29) is 0 Å². The van der Waals surface area contributed by atoms with Crippen LogP contribution in [0.15, 0.2) is 53.1 Å². The molecular formula is C22H26N4O3. The maximum Gasteiger partial charge on any atom is 0.241 e. The van der Waals surface area contributed by atoms with Crippen molar-refractivity contribution in [3.05, 3.63) is 60.0 Å². The van der Waals surface area contributed by atoms with E-state index in [0.29, 0.717) is 18.3 Å². The summed E-state index contributed by atoms with van der Waals surface area (Å²) in [4.78, 5) is 9.34. The number of methoxy groups -OCH3 is 2. The van der Waals surface area contributed by atoms with E-state index in [9.17, 15) is 0 Å². The van der Waals surface area contributed by atoms with E-state index in [1.54, 1.807) is 14.2 Å². The predicted molar refractivity (Wildman–Crippen MR) is 110 cm³/mol. The Hall–Kier alpha value is -2.90. The van der Waals surface area contributed by atoms with E-state index in [4.69, 9.17) is 14.0 Å². The molecule has 1 aliphatic rings. The van der Waals surface area contributed by atoms with Gasteiger partial charge < -0.3 is 14.0 Å². The van der Waals surface area contributed by atoms with E-state index in [1.165, 1.54) is 5.56 Å². The Morgan fingerprint density at radius 2 is 1.55 bits per heavy atom. The van der Waals surface area contributed by atoms with E-state index in [2.05, 4.69) is 32.1 Å². The van der Waals surface area contributed by atoms with Crippen LogP contribution >= 0.6 is 0 Å². The zero-order chi connectivity index (χ0) is 20.1. The van der Waals surface area contributed by atoms with Crippen LogP contribution in [0.2, 0.25) is 0 Å². The van der Waals surface area contributed by atoms with Crippen molar-refractivity contribution in [2.24, 2.45) is 0 Å². The summed E-state index contributed by atoms with van der Waals surface area (Å²) in [7, 11) is 3.32. The monoisotopic (exact) mass is 394 g/mol. The Morgan fingerprint density at radius 1 is 0.862 bits per heavy atom. The summed E-state index contributed by atoms with van der Waals surface area (Å²) in [5, 5.41) is 4.11. The SMILES string of the molecule is COc1ccc(CN2CCN(Cc3nc(-c4ccccc4)no3)CC2)cc1OC. The second-order valence-electron chi connectivity index (χ2n) is 7.12. The van der Waals surface area contributed by atoms with Crippen LogP contribution in [0.1, 0.15) is 11.5 Å². The van der Waals surface area contributed by atoms with Crippen LogP contribution in [0.5, 0.6) is 11.5 Å². The molecule has 1 saturated heterocycles. The number of benzene rings is 2. The first-order valence-corrected chi connectivity index (χ1v) is 9.79. The fourth-order valence-corrected chi connectivity index (χ4v) is 3.56. The zero-order valence-electron chi connectivity index (χ0n) is 16.9. The van der Waals surface area contributed by atoms with Gasteiger partial charge in [0.1, 0.15) is 0 Å². The van der Waals surface area contributed by atoms with Gasteiger partial charge in [-0.15, -0.1) is 0 Å².